The molecule has 1 aliphatic rings. The van der Waals surface area contributed by atoms with E-state index in [-0.39, 0.29) is 5.91 Å². The molecule has 2 heterocycles. The quantitative estimate of drug-likeness (QED) is 0.900. The molecule has 3 rings (SSSR count). The Balaban J connectivity index is 1.68. The number of nitrogens with zero attached hydrogens (tertiary/aromatic N) is 3. The molecule has 1 fully saturated rings. The van der Waals surface area contributed by atoms with Gasteiger partial charge in [-0.25, -0.2) is 9.97 Å². The minimum Gasteiger partial charge on any atom is -0.493 e. The molecule has 0 spiro atoms. The second-order valence-electron chi connectivity index (χ2n) is 5.84. The van der Waals surface area contributed by atoms with Gasteiger partial charge in [-0.1, -0.05) is 0 Å². The molecule has 2 aromatic rings. The lowest BCUT2D eigenvalue weighted by Gasteiger charge is -2.26. The summed E-state index contributed by atoms with van der Waals surface area (Å²) in [5.41, 5.74) is 1.03. The van der Waals surface area contributed by atoms with Crippen molar-refractivity contribution in [2.24, 2.45) is 0 Å². The van der Waals surface area contributed by atoms with Gasteiger partial charge in [0.2, 0.25) is 5.95 Å². The molecule has 0 radical (unpaired) electrons. The van der Waals surface area contributed by atoms with Crippen LogP contribution in [0.3, 0.4) is 0 Å². The van der Waals surface area contributed by atoms with E-state index in [9.17, 15) is 4.79 Å². The number of piperidine rings is 1. The molecule has 0 saturated carbocycles. The van der Waals surface area contributed by atoms with E-state index in [0.29, 0.717) is 28.7 Å². The van der Waals surface area contributed by atoms with Crippen molar-refractivity contribution in [3.63, 3.8) is 0 Å². The number of carbonyl (C=O) groups is 1. The monoisotopic (exact) mass is 342 g/mol. The molecule has 7 heteroatoms. The summed E-state index contributed by atoms with van der Waals surface area (Å²) in [6.07, 6.45) is 6.69. The third-order valence-corrected chi connectivity index (χ3v) is 4.18. The van der Waals surface area contributed by atoms with Crippen molar-refractivity contribution in [2.75, 3.05) is 37.5 Å². The van der Waals surface area contributed by atoms with Gasteiger partial charge >= 0.3 is 0 Å². The number of rotatable bonds is 5. The molecule has 0 atom stereocenters. The van der Waals surface area contributed by atoms with Crippen LogP contribution in [-0.4, -0.2) is 43.2 Å². The van der Waals surface area contributed by atoms with Gasteiger partial charge in [0, 0.05) is 37.2 Å². The largest absolute Gasteiger partial charge is 0.493 e. The summed E-state index contributed by atoms with van der Waals surface area (Å²) in [4.78, 5) is 23.2. The van der Waals surface area contributed by atoms with Gasteiger partial charge in [0.1, 0.15) is 0 Å². The van der Waals surface area contributed by atoms with Crippen molar-refractivity contribution in [3.05, 3.63) is 36.2 Å². The van der Waals surface area contributed by atoms with Gasteiger partial charge in [-0.05, 0) is 31.4 Å². The summed E-state index contributed by atoms with van der Waals surface area (Å²) in [5, 5.41) is 2.82. The summed E-state index contributed by atoms with van der Waals surface area (Å²) in [7, 11) is 3.12. The maximum absolute atomic E-state index is 12.4. The molecule has 1 aliphatic heterocycles. The number of ether oxygens (including phenoxy) is 2. The SMILES string of the molecule is COc1ccc(NC(=O)c2cnc(N3CCCCC3)nc2)cc1OC. The standard InChI is InChI=1S/C18H22N4O3/c1-24-15-7-6-14(10-16(15)25-2)21-17(23)13-11-19-18(20-12-13)22-8-4-3-5-9-22/h6-7,10-12H,3-5,8-9H2,1-2H3,(H,21,23). The van der Waals surface area contributed by atoms with Crippen LogP contribution >= 0.6 is 0 Å². The Labute approximate surface area is 147 Å². The van der Waals surface area contributed by atoms with Crippen molar-refractivity contribution in [2.45, 2.75) is 19.3 Å². The molecule has 1 saturated heterocycles. The number of nitrogens with one attached hydrogen (secondary N) is 1. The highest BCUT2D eigenvalue weighted by atomic mass is 16.5. The number of aromatic nitrogens is 2. The lowest BCUT2D eigenvalue weighted by Crippen LogP contribution is -2.31. The Morgan fingerprint density at radius 1 is 1.04 bits per heavy atom. The molecule has 1 N–H and O–H groups in total. The molecular weight excluding hydrogens is 320 g/mol. The van der Waals surface area contributed by atoms with Crippen LogP contribution in [-0.2, 0) is 0 Å². The van der Waals surface area contributed by atoms with Crippen LogP contribution in [0.1, 0.15) is 29.6 Å². The number of anilines is 2. The van der Waals surface area contributed by atoms with E-state index in [4.69, 9.17) is 9.47 Å². The van der Waals surface area contributed by atoms with Gasteiger partial charge in [0.25, 0.3) is 5.91 Å². The third kappa shape index (κ3) is 3.99. The number of amides is 1. The van der Waals surface area contributed by atoms with E-state index in [2.05, 4.69) is 20.2 Å². The summed E-state index contributed by atoms with van der Waals surface area (Å²) >= 11 is 0. The van der Waals surface area contributed by atoms with Gasteiger partial charge in [-0.2, -0.15) is 0 Å². The third-order valence-electron chi connectivity index (χ3n) is 4.18. The Kier molecular flexibility index (Phi) is 5.33. The van der Waals surface area contributed by atoms with Crippen molar-refractivity contribution in [3.8, 4) is 11.5 Å². The number of methoxy groups -OCH3 is 2. The molecule has 1 aromatic carbocycles. The fourth-order valence-electron chi connectivity index (χ4n) is 2.81. The van der Waals surface area contributed by atoms with Crippen LogP contribution in [0.4, 0.5) is 11.6 Å². The summed E-state index contributed by atoms with van der Waals surface area (Å²) in [5.74, 6) is 1.58. The van der Waals surface area contributed by atoms with E-state index in [0.717, 1.165) is 25.9 Å². The van der Waals surface area contributed by atoms with Crippen LogP contribution in [0.15, 0.2) is 30.6 Å². The van der Waals surface area contributed by atoms with E-state index in [1.54, 1.807) is 44.8 Å². The molecule has 1 amide bonds. The van der Waals surface area contributed by atoms with Crippen molar-refractivity contribution < 1.29 is 14.3 Å². The number of benzene rings is 1. The molecule has 1 aromatic heterocycles. The Morgan fingerprint density at radius 3 is 2.36 bits per heavy atom. The predicted octanol–water partition coefficient (Wildman–Crippen LogP) is 2.74. The first-order valence-corrected chi connectivity index (χ1v) is 8.31. The van der Waals surface area contributed by atoms with Crippen molar-refractivity contribution >= 4 is 17.5 Å². The van der Waals surface area contributed by atoms with Crippen LogP contribution in [0.5, 0.6) is 11.5 Å². The summed E-state index contributed by atoms with van der Waals surface area (Å²) in [6.45, 7) is 1.94. The maximum atomic E-state index is 12.4. The second kappa shape index (κ2) is 7.83. The minimum absolute atomic E-state index is 0.266. The molecular formula is C18H22N4O3. The first-order chi connectivity index (χ1) is 12.2. The van der Waals surface area contributed by atoms with Gasteiger partial charge < -0.3 is 19.7 Å². The van der Waals surface area contributed by atoms with Crippen LogP contribution in [0.2, 0.25) is 0 Å². The fourth-order valence-corrected chi connectivity index (χ4v) is 2.81. The lowest BCUT2D eigenvalue weighted by atomic mass is 10.1. The van der Waals surface area contributed by atoms with Crippen molar-refractivity contribution in [1.29, 1.82) is 0 Å². The zero-order valence-corrected chi connectivity index (χ0v) is 14.5. The zero-order chi connectivity index (χ0) is 17.6. The van der Waals surface area contributed by atoms with Gasteiger partial charge in [-0.3, -0.25) is 4.79 Å². The molecule has 0 aliphatic carbocycles. The Bertz CT molecular complexity index is 728. The Hall–Kier alpha value is -2.83. The number of carbonyl (C=O) groups excluding carboxylic acids is 1. The normalized spacial score (nSPS) is 14.1. The molecule has 132 valence electrons. The van der Waals surface area contributed by atoms with Gasteiger partial charge in [-0.15, -0.1) is 0 Å². The Morgan fingerprint density at radius 2 is 1.72 bits per heavy atom. The van der Waals surface area contributed by atoms with Crippen LogP contribution in [0, 0.1) is 0 Å². The second-order valence-corrected chi connectivity index (χ2v) is 5.84. The average Bonchev–Trinajstić information content (AvgIpc) is 2.68. The predicted molar refractivity (Wildman–Crippen MR) is 95.6 cm³/mol. The topological polar surface area (TPSA) is 76.6 Å². The number of hydrogen-bond acceptors (Lipinski definition) is 6. The molecule has 25 heavy (non-hydrogen) atoms. The molecule has 0 unspecified atom stereocenters. The average molecular weight is 342 g/mol. The first-order valence-electron chi connectivity index (χ1n) is 8.31. The number of hydrogen-bond donors (Lipinski definition) is 1. The van der Waals surface area contributed by atoms with Crippen LogP contribution in [0.25, 0.3) is 0 Å². The van der Waals surface area contributed by atoms with E-state index in [1.165, 1.54) is 6.42 Å². The lowest BCUT2D eigenvalue weighted by molar-refractivity contribution is 0.102. The summed E-state index contributed by atoms with van der Waals surface area (Å²) in [6, 6.07) is 5.20. The van der Waals surface area contributed by atoms with E-state index < -0.39 is 0 Å². The highest BCUT2D eigenvalue weighted by Crippen LogP contribution is 2.29. The molecule has 0 bridgehead atoms. The van der Waals surface area contributed by atoms with Crippen LogP contribution < -0.4 is 19.7 Å². The van der Waals surface area contributed by atoms with E-state index in [1.807, 2.05) is 0 Å². The minimum atomic E-state index is -0.266. The summed E-state index contributed by atoms with van der Waals surface area (Å²) < 4.78 is 10.4. The fraction of sp³-hybridized carbons (Fsp3) is 0.389. The van der Waals surface area contributed by atoms with Crippen molar-refractivity contribution in [1.82, 2.24) is 9.97 Å². The zero-order valence-electron chi connectivity index (χ0n) is 14.5. The highest BCUT2D eigenvalue weighted by molar-refractivity contribution is 6.04. The first kappa shape index (κ1) is 17.0. The van der Waals surface area contributed by atoms with Gasteiger partial charge in [0.15, 0.2) is 11.5 Å². The molecule has 7 nitrogen and oxygen atoms in total. The van der Waals surface area contributed by atoms with Gasteiger partial charge in [0.05, 0.1) is 19.8 Å². The highest BCUT2D eigenvalue weighted by Gasteiger charge is 2.15. The maximum Gasteiger partial charge on any atom is 0.258 e. The smallest absolute Gasteiger partial charge is 0.258 e. The van der Waals surface area contributed by atoms with E-state index >= 15 is 0 Å².